The lowest BCUT2D eigenvalue weighted by molar-refractivity contribution is 0.502. The maximum absolute atomic E-state index is 13.2. The third-order valence-electron chi connectivity index (χ3n) is 3.28. The molecule has 0 bridgehead atoms. The van der Waals surface area contributed by atoms with Crippen LogP contribution in [0.4, 0.5) is 4.39 Å². The van der Waals surface area contributed by atoms with Gasteiger partial charge in [-0.25, -0.2) is 12.8 Å². The van der Waals surface area contributed by atoms with Crippen molar-refractivity contribution < 1.29 is 12.8 Å². The maximum atomic E-state index is 13.2. The molecule has 0 aromatic heterocycles. The molecular weight excluding hydrogens is 307 g/mol. The first-order chi connectivity index (χ1) is 8.02. The number of halogens is 2. The average molecular weight is 321 g/mol. The second-order valence-electron chi connectivity index (χ2n) is 4.48. The average Bonchev–Trinajstić information content (AvgIpc) is 2.60. The summed E-state index contributed by atoms with van der Waals surface area (Å²) in [6.45, 7) is 0. The summed E-state index contributed by atoms with van der Waals surface area (Å²) in [4.78, 5) is 0. The van der Waals surface area contributed by atoms with Crippen molar-refractivity contribution >= 4 is 25.8 Å². The largest absolute Gasteiger partial charge is 0.229 e. The van der Waals surface area contributed by atoms with E-state index in [0.29, 0.717) is 11.8 Å². The van der Waals surface area contributed by atoms with Crippen LogP contribution in [-0.2, 0) is 9.84 Å². The Morgan fingerprint density at radius 1 is 1.47 bits per heavy atom. The molecule has 2 unspecified atom stereocenters. The Kier molecular flexibility index (Phi) is 3.88. The molecule has 1 aliphatic heterocycles. The molecule has 0 amide bonds. The van der Waals surface area contributed by atoms with Gasteiger partial charge in [-0.05, 0) is 36.0 Å². The highest BCUT2D eigenvalue weighted by Crippen LogP contribution is 2.34. The quantitative estimate of drug-likeness (QED) is 0.802. The first kappa shape index (κ1) is 13.0. The van der Waals surface area contributed by atoms with Crippen LogP contribution in [0.5, 0.6) is 0 Å². The molecule has 5 heteroatoms. The maximum Gasteiger partial charge on any atom is 0.150 e. The van der Waals surface area contributed by atoms with Crippen LogP contribution >= 0.6 is 15.9 Å². The van der Waals surface area contributed by atoms with E-state index in [1.165, 1.54) is 12.1 Å². The summed E-state index contributed by atoms with van der Waals surface area (Å²) in [5.74, 6) is 0.384. The van der Waals surface area contributed by atoms with Gasteiger partial charge in [0.1, 0.15) is 5.82 Å². The van der Waals surface area contributed by atoms with Crippen LogP contribution in [0.25, 0.3) is 0 Å². The van der Waals surface area contributed by atoms with Gasteiger partial charge in [-0.15, -0.1) is 0 Å². The van der Waals surface area contributed by atoms with Crippen molar-refractivity contribution in [1.29, 1.82) is 0 Å². The molecule has 0 N–H and O–H groups in total. The minimum Gasteiger partial charge on any atom is -0.229 e. The third kappa shape index (κ3) is 3.07. The van der Waals surface area contributed by atoms with E-state index in [1.807, 2.05) is 6.07 Å². The van der Waals surface area contributed by atoms with Crippen LogP contribution in [0.2, 0.25) is 0 Å². The number of hydrogen-bond donors (Lipinski definition) is 0. The van der Waals surface area contributed by atoms with E-state index in [0.717, 1.165) is 5.56 Å². The van der Waals surface area contributed by atoms with Gasteiger partial charge < -0.3 is 0 Å². The van der Waals surface area contributed by atoms with Crippen molar-refractivity contribution in [3.8, 4) is 0 Å². The van der Waals surface area contributed by atoms with E-state index in [9.17, 15) is 12.8 Å². The van der Waals surface area contributed by atoms with Gasteiger partial charge in [-0.3, -0.25) is 0 Å². The van der Waals surface area contributed by atoms with Gasteiger partial charge in [-0.2, -0.15) is 0 Å². The lowest BCUT2D eigenvalue weighted by Gasteiger charge is -2.20. The molecule has 0 radical (unpaired) electrons. The molecule has 1 aliphatic rings. The minimum atomic E-state index is -2.88. The molecular formula is C12H14BrFO2S. The van der Waals surface area contributed by atoms with E-state index in [-0.39, 0.29) is 29.2 Å². The summed E-state index contributed by atoms with van der Waals surface area (Å²) in [7, 11) is -2.88. The Bertz CT molecular complexity index is 501. The number of alkyl halides is 1. The molecule has 1 aromatic rings. The third-order valence-corrected chi connectivity index (χ3v) is 5.77. The second-order valence-corrected chi connectivity index (χ2v) is 7.36. The van der Waals surface area contributed by atoms with Gasteiger partial charge in [0.05, 0.1) is 11.5 Å². The predicted molar refractivity (Wildman–Crippen MR) is 69.7 cm³/mol. The van der Waals surface area contributed by atoms with Gasteiger partial charge in [0.25, 0.3) is 0 Å². The number of sulfone groups is 1. The van der Waals surface area contributed by atoms with Crippen molar-refractivity contribution in [3.63, 3.8) is 0 Å². The second kappa shape index (κ2) is 5.06. The van der Waals surface area contributed by atoms with Crippen LogP contribution in [0.1, 0.15) is 17.9 Å². The van der Waals surface area contributed by atoms with Crippen molar-refractivity contribution in [3.05, 3.63) is 35.6 Å². The molecule has 1 fully saturated rings. The van der Waals surface area contributed by atoms with E-state index in [2.05, 4.69) is 15.9 Å². The molecule has 2 atom stereocenters. The highest BCUT2D eigenvalue weighted by atomic mass is 79.9. The fourth-order valence-electron chi connectivity index (χ4n) is 2.37. The molecule has 1 saturated heterocycles. The number of rotatable bonds is 3. The number of hydrogen-bond acceptors (Lipinski definition) is 2. The van der Waals surface area contributed by atoms with Crippen molar-refractivity contribution in [2.75, 3.05) is 16.8 Å². The summed E-state index contributed by atoms with van der Waals surface area (Å²) in [6.07, 6.45) is 0.676. The summed E-state index contributed by atoms with van der Waals surface area (Å²) >= 11 is 3.41. The summed E-state index contributed by atoms with van der Waals surface area (Å²) in [5, 5.41) is 0.663. The molecule has 0 saturated carbocycles. The molecule has 2 rings (SSSR count). The summed E-state index contributed by atoms with van der Waals surface area (Å²) in [5.41, 5.74) is 0.879. The summed E-state index contributed by atoms with van der Waals surface area (Å²) in [6, 6.07) is 6.43. The van der Waals surface area contributed by atoms with Gasteiger partial charge in [0, 0.05) is 5.33 Å². The van der Waals surface area contributed by atoms with E-state index in [1.54, 1.807) is 6.07 Å². The summed E-state index contributed by atoms with van der Waals surface area (Å²) < 4.78 is 36.1. The van der Waals surface area contributed by atoms with Crippen LogP contribution in [0, 0.1) is 11.7 Å². The molecule has 94 valence electrons. The van der Waals surface area contributed by atoms with Gasteiger partial charge in [-0.1, -0.05) is 28.1 Å². The molecule has 17 heavy (non-hydrogen) atoms. The van der Waals surface area contributed by atoms with E-state index in [4.69, 9.17) is 0 Å². The van der Waals surface area contributed by atoms with Crippen molar-refractivity contribution in [2.24, 2.45) is 5.92 Å². The standard InChI is InChI=1S/C12H14BrFO2S/c13-7-12(9-2-1-3-11(14)6-9)10-4-5-17(15,16)8-10/h1-3,6,10,12H,4-5,7-8H2. The first-order valence-electron chi connectivity index (χ1n) is 5.54. The number of benzene rings is 1. The first-order valence-corrected chi connectivity index (χ1v) is 8.48. The van der Waals surface area contributed by atoms with Gasteiger partial charge >= 0.3 is 0 Å². The molecule has 0 spiro atoms. The smallest absolute Gasteiger partial charge is 0.150 e. The lowest BCUT2D eigenvalue weighted by atomic mass is 9.87. The van der Waals surface area contributed by atoms with E-state index >= 15 is 0 Å². The Morgan fingerprint density at radius 3 is 2.76 bits per heavy atom. The van der Waals surface area contributed by atoms with Crippen molar-refractivity contribution in [1.82, 2.24) is 0 Å². The zero-order valence-corrected chi connectivity index (χ0v) is 11.7. The van der Waals surface area contributed by atoms with Crippen LogP contribution < -0.4 is 0 Å². The molecule has 0 aliphatic carbocycles. The predicted octanol–water partition coefficient (Wildman–Crippen LogP) is 2.74. The minimum absolute atomic E-state index is 0.0722. The lowest BCUT2D eigenvalue weighted by Crippen LogP contribution is -2.16. The molecule has 1 aromatic carbocycles. The molecule has 1 heterocycles. The Morgan fingerprint density at radius 2 is 2.24 bits per heavy atom. The van der Waals surface area contributed by atoms with Crippen LogP contribution in [0.15, 0.2) is 24.3 Å². The van der Waals surface area contributed by atoms with E-state index < -0.39 is 9.84 Å². The van der Waals surface area contributed by atoms with Gasteiger partial charge in [0.2, 0.25) is 0 Å². The van der Waals surface area contributed by atoms with Crippen LogP contribution in [-0.4, -0.2) is 25.3 Å². The zero-order valence-electron chi connectivity index (χ0n) is 9.27. The fourth-order valence-corrected chi connectivity index (χ4v) is 5.15. The zero-order chi connectivity index (χ0) is 12.5. The monoisotopic (exact) mass is 320 g/mol. The fraction of sp³-hybridized carbons (Fsp3) is 0.500. The van der Waals surface area contributed by atoms with Crippen LogP contribution in [0.3, 0.4) is 0 Å². The Hall–Kier alpha value is -0.420. The molecule has 2 nitrogen and oxygen atoms in total. The highest BCUT2D eigenvalue weighted by Gasteiger charge is 2.33. The van der Waals surface area contributed by atoms with Gasteiger partial charge in [0.15, 0.2) is 9.84 Å². The Balaban J connectivity index is 2.23. The van der Waals surface area contributed by atoms with Crippen molar-refractivity contribution in [2.45, 2.75) is 12.3 Å². The SMILES string of the molecule is O=S1(=O)CCC(C(CBr)c2cccc(F)c2)C1. The Labute approximate surface area is 109 Å². The topological polar surface area (TPSA) is 34.1 Å². The normalized spacial score (nSPS) is 24.7. The highest BCUT2D eigenvalue weighted by molar-refractivity contribution is 9.09.